The number of nitrogens with one attached hydrogen (secondary N) is 1. The summed E-state index contributed by atoms with van der Waals surface area (Å²) in [5, 5.41) is 7.66. The zero-order valence-corrected chi connectivity index (χ0v) is 16.2. The number of nitrogens with zero attached hydrogens (tertiary/aromatic N) is 4. The molecule has 1 aliphatic rings. The lowest BCUT2D eigenvalue weighted by atomic mass is 10.1. The molecular weight excluding hydrogens is 350 g/mol. The van der Waals surface area contributed by atoms with Crippen LogP contribution in [0.2, 0.25) is 0 Å². The Morgan fingerprint density at radius 1 is 1.31 bits per heavy atom. The van der Waals surface area contributed by atoms with Crippen molar-refractivity contribution in [2.24, 2.45) is 4.99 Å². The molecule has 0 saturated carbocycles. The normalized spacial score (nSPS) is 19.3. The minimum Gasteiger partial charge on any atom is -0.352 e. The van der Waals surface area contributed by atoms with Gasteiger partial charge in [0, 0.05) is 39.1 Å². The van der Waals surface area contributed by atoms with Gasteiger partial charge in [-0.3, -0.25) is 4.99 Å². The number of aliphatic imine (C=N–C) groups is 1. The van der Waals surface area contributed by atoms with Gasteiger partial charge < -0.3 is 10.2 Å². The van der Waals surface area contributed by atoms with Crippen LogP contribution in [0.5, 0.6) is 0 Å². The second-order valence-electron chi connectivity index (χ2n) is 6.98. The summed E-state index contributed by atoms with van der Waals surface area (Å²) in [5.41, 5.74) is 2.09. The third-order valence-corrected chi connectivity index (χ3v) is 7.27. The molecule has 1 fully saturated rings. The van der Waals surface area contributed by atoms with E-state index >= 15 is 0 Å². The number of guanidine groups is 1. The molecular formula is C18H25N5O2S. The molecule has 0 radical (unpaired) electrons. The van der Waals surface area contributed by atoms with Crippen molar-refractivity contribution in [2.45, 2.75) is 25.1 Å². The van der Waals surface area contributed by atoms with Crippen molar-refractivity contribution in [1.82, 2.24) is 20.0 Å². The van der Waals surface area contributed by atoms with E-state index in [1.165, 1.54) is 0 Å². The van der Waals surface area contributed by atoms with E-state index in [1.807, 2.05) is 46.1 Å². The first-order chi connectivity index (χ1) is 12.3. The lowest BCUT2D eigenvalue weighted by Gasteiger charge is -2.39. The number of hydrogen-bond donors (Lipinski definition) is 1. The van der Waals surface area contributed by atoms with Gasteiger partial charge >= 0.3 is 0 Å². The third-order valence-electron chi connectivity index (χ3n) is 4.73. The highest BCUT2D eigenvalue weighted by Gasteiger charge is 2.40. The highest BCUT2D eigenvalue weighted by molar-refractivity contribution is 7.92. The Kier molecular flexibility index (Phi) is 5.04. The standard InChI is InChI=1S/C18H25N5O2S/c1-18(2)14-22(11-12-26(18,24)25)17(19-3)20-13-15-7-4-5-8-16(15)23-10-6-9-21-23/h4-10H,11-14H2,1-3H3,(H,19,20). The van der Waals surface area contributed by atoms with Crippen molar-refractivity contribution in [2.75, 3.05) is 25.9 Å². The summed E-state index contributed by atoms with van der Waals surface area (Å²) in [4.78, 5) is 6.36. The Bertz CT molecular complexity index is 888. The van der Waals surface area contributed by atoms with Crippen LogP contribution >= 0.6 is 0 Å². The highest BCUT2D eigenvalue weighted by atomic mass is 32.2. The van der Waals surface area contributed by atoms with E-state index < -0.39 is 14.6 Å². The van der Waals surface area contributed by atoms with Gasteiger partial charge in [0.25, 0.3) is 0 Å². The first kappa shape index (κ1) is 18.4. The minimum atomic E-state index is -3.08. The fourth-order valence-electron chi connectivity index (χ4n) is 3.13. The maximum atomic E-state index is 12.2. The van der Waals surface area contributed by atoms with Crippen molar-refractivity contribution in [3.05, 3.63) is 48.3 Å². The Balaban J connectivity index is 1.74. The lowest BCUT2D eigenvalue weighted by molar-refractivity contribution is 0.353. The minimum absolute atomic E-state index is 0.143. The summed E-state index contributed by atoms with van der Waals surface area (Å²) >= 11 is 0. The molecule has 1 aromatic carbocycles. The van der Waals surface area contributed by atoms with Crippen LogP contribution in [-0.4, -0.2) is 59.7 Å². The monoisotopic (exact) mass is 375 g/mol. The third kappa shape index (κ3) is 3.60. The summed E-state index contributed by atoms with van der Waals surface area (Å²) in [5.74, 6) is 0.855. The summed E-state index contributed by atoms with van der Waals surface area (Å²) in [6.45, 7) is 5.00. The second kappa shape index (κ2) is 7.11. The Hall–Kier alpha value is -2.35. The van der Waals surface area contributed by atoms with Crippen LogP contribution in [0.25, 0.3) is 5.69 Å². The molecule has 2 heterocycles. The van der Waals surface area contributed by atoms with Gasteiger partial charge in [0.2, 0.25) is 0 Å². The maximum Gasteiger partial charge on any atom is 0.193 e. The van der Waals surface area contributed by atoms with Crippen LogP contribution in [0.1, 0.15) is 19.4 Å². The zero-order chi connectivity index (χ0) is 18.8. The van der Waals surface area contributed by atoms with Crippen LogP contribution in [-0.2, 0) is 16.4 Å². The smallest absolute Gasteiger partial charge is 0.193 e. The van der Waals surface area contributed by atoms with Crippen LogP contribution in [0.4, 0.5) is 0 Å². The van der Waals surface area contributed by atoms with Gasteiger partial charge in [-0.25, -0.2) is 13.1 Å². The average molecular weight is 375 g/mol. The number of rotatable bonds is 3. The SMILES string of the molecule is CN=C(NCc1ccccc1-n1cccn1)N1CCS(=O)(=O)C(C)(C)C1. The van der Waals surface area contributed by atoms with E-state index in [0.717, 1.165) is 11.3 Å². The Labute approximate surface area is 154 Å². The molecule has 1 saturated heterocycles. The number of benzene rings is 1. The van der Waals surface area contributed by atoms with Crippen LogP contribution < -0.4 is 5.32 Å². The molecule has 1 aromatic heterocycles. The van der Waals surface area contributed by atoms with E-state index in [2.05, 4.69) is 15.4 Å². The van der Waals surface area contributed by atoms with Gasteiger partial charge in [-0.1, -0.05) is 18.2 Å². The molecule has 7 nitrogen and oxygen atoms in total. The predicted octanol–water partition coefficient (Wildman–Crippen LogP) is 1.46. The van der Waals surface area contributed by atoms with Gasteiger partial charge in [0.05, 0.1) is 16.2 Å². The Morgan fingerprint density at radius 2 is 2.08 bits per heavy atom. The summed E-state index contributed by atoms with van der Waals surface area (Å²) in [6.07, 6.45) is 3.66. The molecule has 0 unspecified atom stereocenters. The van der Waals surface area contributed by atoms with E-state index in [1.54, 1.807) is 27.1 Å². The lowest BCUT2D eigenvalue weighted by Crippen LogP contribution is -2.57. The molecule has 8 heteroatoms. The molecule has 0 aliphatic carbocycles. The van der Waals surface area contributed by atoms with Crippen LogP contribution in [0.15, 0.2) is 47.7 Å². The molecule has 0 amide bonds. The molecule has 3 rings (SSSR count). The van der Waals surface area contributed by atoms with E-state index in [0.29, 0.717) is 25.6 Å². The van der Waals surface area contributed by atoms with Gasteiger partial charge in [0.1, 0.15) is 0 Å². The zero-order valence-electron chi connectivity index (χ0n) is 15.4. The largest absolute Gasteiger partial charge is 0.352 e. The molecule has 0 spiro atoms. The van der Waals surface area contributed by atoms with E-state index in [4.69, 9.17) is 0 Å². The quantitative estimate of drug-likeness (QED) is 0.649. The van der Waals surface area contributed by atoms with Crippen molar-refractivity contribution < 1.29 is 8.42 Å². The number of aromatic nitrogens is 2. The fraction of sp³-hybridized carbons (Fsp3) is 0.444. The molecule has 140 valence electrons. The fourth-order valence-corrected chi connectivity index (χ4v) is 4.49. The molecule has 0 bridgehead atoms. The number of sulfone groups is 1. The molecule has 26 heavy (non-hydrogen) atoms. The number of hydrogen-bond acceptors (Lipinski definition) is 4. The molecule has 2 aromatic rings. The van der Waals surface area contributed by atoms with Crippen molar-refractivity contribution in [1.29, 1.82) is 0 Å². The van der Waals surface area contributed by atoms with Crippen molar-refractivity contribution in [3.8, 4) is 5.69 Å². The first-order valence-corrected chi connectivity index (χ1v) is 10.2. The Morgan fingerprint density at radius 3 is 2.73 bits per heavy atom. The average Bonchev–Trinajstić information content (AvgIpc) is 3.13. The predicted molar refractivity (Wildman–Crippen MR) is 103 cm³/mol. The summed E-state index contributed by atoms with van der Waals surface area (Å²) < 4.78 is 25.5. The van der Waals surface area contributed by atoms with Crippen LogP contribution in [0, 0.1) is 0 Å². The topological polar surface area (TPSA) is 79.6 Å². The molecule has 0 atom stereocenters. The second-order valence-corrected chi connectivity index (χ2v) is 9.72. The van der Waals surface area contributed by atoms with Gasteiger partial charge in [0.15, 0.2) is 15.8 Å². The van der Waals surface area contributed by atoms with Gasteiger partial charge in [-0.15, -0.1) is 0 Å². The van der Waals surface area contributed by atoms with Crippen LogP contribution in [0.3, 0.4) is 0 Å². The number of para-hydroxylation sites is 1. The van der Waals surface area contributed by atoms with Gasteiger partial charge in [-0.2, -0.15) is 5.10 Å². The van der Waals surface area contributed by atoms with E-state index in [-0.39, 0.29) is 5.75 Å². The molecule has 1 N–H and O–H groups in total. The maximum absolute atomic E-state index is 12.2. The van der Waals surface area contributed by atoms with Crippen molar-refractivity contribution >= 4 is 15.8 Å². The highest BCUT2D eigenvalue weighted by Crippen LogP contribution is 2.23. The van der Waals surface area contributed by atoms with E-state index in [9.17, 15) is 8.42 Å². The summed E-state index contributed by atoms with van der Waals surface area (Å²) in [6, 6.07) is 9.92. The van der Waals surface area contributed by atoms with Gasteiger partial charge in [-0.05, 0) is 31.5 Å². The van der Waals surface area contributed by atoms with Crippen molar-refractivity contribution in [3.63, 3.8) is 0 Å². The molecule has 1 aliphatic heterocycles. The first-order valence-electron chi connectivity index (χ1n) is 8.60. The summed E-state index contributed by atoms with van der Waals surface area (Å²) in [7, 11) is -1.36.